The van der Waals surface area contributed by atoms with Crippen LogP contribution in [0.3, 0.4) is 0 Å². The first kappa shape index (κ1) is 20.6. The van der Waals surface area contributed by atoms with Gasteiger partial charge in [-0.3, -0.25) is 0 Å². The van der Waals surface area contributed by atoms with Gasteiger partial charge in [0, 0.05) is 31.7 Å². The molecule has 0 aliphatic carbocycles. The highest BCUT2D eigenvalue weighted by molar-refractivity contribution is 7.89. The molecule has 0 unspecified atom stereocenters. The van der Waals surface area contributed by atoms with Gasteiger partial charge in [-0.15, -0.1) is 0 Å². The molecular weight excluding hydrogens is 420 g/mol. The summed E-state index contributed by atoms with van der Waals surface area (Å²) in [6, 6.07) is 26.5. The number of rotatable bonds is 4. The zero-order chi connectivity index (χ0) is 22.0. The summed E-state index contributed by atoms with van der Waals surface area (Å²) in [6.07, 6.45) is 0.717. The van der Waals surface area contributed by atoms with E-state index in [0.29, 0.717) is 31.1 Å². The van der Waals surface area contributed by atoms with Gasteiger partial charge in [-0.25, -0.2) is 18.4 Å². The molecule has 0 bridgehead atoms. The Hall–Kier alpha value is -3.29. The van der Waals surface area contributed by atoms with Gasteiger partial charge < -0.3 is 4.90 Å². The van der Waals surface area contributed by atoms with E-state index in [1.165, 1.54) is 0 Å². The number of hydrogen-bond donors (Lipinski definition) is 0. The van der Waals surface area contributed by atoms with Crippen LogP contribution in [0.2, 0.25) is 0 Å². The maximum Gasteiger partial charge on any atom is 0.243 e. The Balaban J connectivity index is 1.49. The van der Waals surface area contributed by atoms with E-state index in [4.69, 9.17) is 9.97 Å². The fraction of sp³-hybridized carbons (Fsp3) is 0.200. The van der Waals surface area contributed by atoms with Crippen LogP contribution in [-0.2, 0) is 10.0 Å². The fourth-order valence-electron chi connectivity index (χ4n) is 4.09. The van der Waals surface area contributed by atoms with E-state index in [1.54, 1.807) is 28.6 Å². The number of anilines is 1. The van der Waals surface area contributed by atoms with Gasteiger partial charge >= 0.3 is 0 Å². The van der Waals surface area contributed by atoms with E-state index in [-0.39, 0.29) is 0 Å². The van der Waals surface area contributed by atoms with Crippen LogP contribution in [0.15, 0.2) is 89.8 Å². The van der Waals surface area contributed by atoms with Crippen molar-refractivity contribution in [2.24, 2.45) is 0 Å². The van der Waals surface area contributed by atoms with Crippen molar-refractivity contribution in [3.8, 4) is 11.3 Å². The molecule has 3 aromatic carbocycles. The molecule has 1 saturated heterocycles. The molecule has 1 aliphatic rings. The molecule has 0 radical (unpaired) electrons. The normalized spacial score (nSPS) is 15.6. The summed E-state index contributed by atoms with van der Waals surface area (Å²) in [7, 11) is -3.52. The lowest BCUT2D eigenvalue weighted by Gasteiger charge is -2.25. The van der Waals surface area contributed by atoms with E-state index in [0.717, 1.165) is 34.5 Å². The first-order valence-corrected chi connectivity index (χ1v) is 12.2. The van der Waals surface area contributed by atoms with E-state index in [2.05, 4.69) is 4.90 Å². The molecule has 1 aromatic heterocycles. The molecule has 1 aliphatic heterocycles. The zero-order valence-corrected chi connectivity index (χ0v) is 18.4. The molecular formula is C25H24N4O2S. The molecule has 2 heterocycles. The lowest BCUT2D eigenvalue weighted by Crippen LogP contribution is -2.35. The summed E-state index contributed by atoms with van der Waals surface area (Å²) < 4.78 is 27.8. The van der Waals surface area contributed by atoms with Gasteiger partial charge in [0.25, 0.3) is 0 Å². The van der Waals surface area contributed by atoms with Crippen molar-refractivity contribution in [1.82, 2.24) is 14.3 Å². The van der Waals surface area contributed by atoms with Crippen LogP contribution in [-0.4, -0.2) is 48.9 Å². The predicted octanol–water partition coefficient (Wildman–Crippen LogP) is 4.20. The minimum absolute atomic E-state index is 0.337. The summed E-state index contributed by atoms with van der Waals surface area (Å²) in [5.41, 5.74) is 3.50. The van der Waals surface area contributed by atoms with E-state index >= 15 is 0 Å². The largest absolute Gasteiger partial charge is 0.353 e. The lowest BCUT2D eigenvalue weighted by atomic mass is 10.1. The van der Waals surface area contributed by atoms with Gasteiger partial charge in [-0.05, 0) is 30.7 Å². The third-order valence-electron chi connectivity index (χ3n) is 5.73. The summed E-state index contributed by atoms with van der Waals surface area (Å²) in [6.45, 7) is 2.15. The van der Waals surface area contributed by atoms with E-state index in [1.807, 2.05) is 60.7 Å². The van der Waals surface area contributed by atoms with E-state index in [9.17, 15) is 8.42 Å². The topological polar surface area (TPSA) is 66.4 Å². The molecule has 0 spiro atoms. The molecule has 6 nitrogen and oxygen atoms in total. The number of para-hydroxylation sites is 2. The first-order valence-electron chi connectivity index (χ1n) is 10.8. The monoisotopic (exact) mass is 444 g/mol. The van der Waals surface area contributed by atoms with Gasteiger partial charge in [0.15, 0.2) is 5.82 Å². The van der Waals surface area contributed by atoms with Gasteiger partial charge in [-0.1, -0.05) is 60.7 Å². The highest BCUT2D eigenvalue weighted by atomic mass is 32.2. The molecule has 7 heteroatoms. The Labute approximate surface area is 188 Å². The molecule has 0 amide bonds. The summed E-state index contributed by atoms with van der Waals surface area (Å²) in [5, 5.41) is 0. The van der Waals surface area contributed by atoms with Crippen LogP contribution in [0.4, 0.5) is 5.82 Å². The third kappa shape index (κ3) is 3.97. The Bertz CT molecular complexity index is 1330. The molecule has 1 fully saturated rings. The SMILES string of the molecule is O=S(=O)(c1ccccc1)N1CCCN(c2nc3ccccc3nc2-c2ccccc2)CC1. The molecule has 4 aromatic rings. The maximum atomic E-state index is 13.1. The predicted molar refractivity (Wildman–Crippen MR) is 127 cm³/mol. The van der Waals surface area contributed by atoms with Crippen molar-refractivity contribution in [3.05, 3.63) is 84.9 Å². The van der Waals surface area contributed by atoms with Gasteiger partial charge in [-0.2, -0.15) is 4.31 Å². The van der Waals surface area contributed by atoms with Crippen molar-refractivity contribution in [2.45, 2.75) is 11.3 Å². The third-order valence-corrected chi connectivity index (χ3v) is 7.65. The number of fused-ring (bicyclic) bond motifs is 1. The number of sulfonamides is 1. The highest BCUT2D eigenvalue weighted by Gasteiger charge is 2.28. The Morgan fingerprint density at radius 1 is 0.656 bits per heavy atom. The standard InChI is InChI=1S/C25H24N4O2S/c30-32(31,21-12-5-2-6-13-21)29-17-9-16-28(18-19-29)25-24(20-10-3-1-4-11-20)26-22-14-7-8-15-23(22)27-25/h1-8,10-15H,9,16-19H2. The zero-order valence-electron chi connectivity index (χ0n) is 17.6. The number of hydrogen-bond acceptors (Lipinski definition) is 5. The second-order valence-corrected chi connectivity index (χ2v) is 9.75. The Morgan fingerprint density at radius 2 is 1.28 bits per heavy atom. The quantitative estimate of drug-likeness (QED) is 0.472. The Kier molecular flexibility index (Phi) is 5.59. The van der Waals surface area contributed by atoms with Gasteiger partial charge in [0.1, 0.15) is 5.69 Å². The Morgan fingerprint density at radius 3 is 2.00 bits per heavy atom. The average molecular weight is 445 g/mol. The average Bonchev–Trinajstić information content (AvgIpc) is 3.11. The van der Waals surface area contributed by atoms with Crippen LogP contribution in [0.25, 0.3) is 22.3 Å². The minimum Gasteiger partial charge on any atom is -0.353 e. The van der Waals surface area contributed by atoms with Gasteiger partial charge in [0.05, 0.1) is 15.9 Å². The molecule has 162 valence electrons. The molecule has 32 heavy (non-hydrogen) atoms. The molecule has 5 rings (SSSR count). The van der Waals surface area contributed by atoms with Crippen LogP contribution in [0.5, 0.6) is 0 Å². The summed E-state index contributed by atoms with van der Waals surface area (Å²) in [5.74, 6) is 0.800. The van der Waals surface area contributed by atoms with Crippen LogP contribution < -0.4 is 4.90 Å². The first-order chi connectivity index (χ1) is 15.6. The van der Waals surface area contributed by atoms with Gasteiger partial charge in [0.2, 0.25) is 10.0 Å². The number of benzene rings is 3. The van der Waals surface area contributed by atoms with Crippen molar-refractivity contribution in [1.29, 1.82) is 0 Å². The lowest BCUT2D eigenvalue weighted by molar-refractivity contribution is 0.433. The highest BCUT2D eigenvalue weighted by Crippen LogP contribution is 2.30. The smallest absolute Gasteiger partial charge is 0.243 e. The second-order valence-electron chi connectivity index (χ2n) is 7.81. The van der Waals surface area contributed by atoms with Crippen LogP contribution >= 0.6 is 0 Å². The minimum atomic E-state index is -3.52. The van der Waals surface area contributed by atoms with Crippen molar-refractivity contribution in [2.75, 3.05) is 31.1 Å². The van der Waals surface area contributed by atoms with E-state index < -0.39 is 10.0 Å². The number of nitrogens with zero attached hydrogens (tertiary/aromatic N) is 4. The molecule has 0 atom stereocenters. The van der Waals surface area contributed by atoms with Crippen molar-refractivity contribution < 1.29 is 8.42 Å². The van der Waals surface area contributed by atoms with Crippen LogP contribution in [0.1, 0.15) is 6.42 Å². The van der Waals surface area contributed by atoms with Crippen molar-refractivity contribution >= 4 is 26.9 Å². The summed E-state index contributed by atoms with van der Waals surface area (Å²) in [4.78, 5) is 12.4. The summed E-state index contributed by atoms with van der Waals surface area (Å²) >= 11 is 0. The maximum absolute atomic E-state index is 13.1. The van der Waals surface area contributed by atoms with Crippen LogP contribution in [0, 0.1) is 0 Å². The second kappa shape index (κ2) is 8.68. The number of aromatic nitrogens is 2. The fourth-order valence-corrected chi connectivity index (χ4v) is 5.58. The van der Waals surface area contributed by atoms with Crippen molar-refractivity contribution in [3.63, 3.8) is 0 Å². The molecule has 0 N–H and O–H groups in total. The molecule has 0 saturated carbocycles.